The standard InChI is InChI=1S/C13H19FN2O3S/c1-10(2)16(20(3,18)19)8-7-15-13(17)11-5-4-6-12(14)9-11/h4-6,9-10H,7-8H2,1-3H3,(H,15,17). The molecule has 7 heteroatoms. The smallest absolute Gasteiger partial charge is 0.251 e. The topological polar surface area (TPSA) is 66.5 Å². The Labute approximate surface area is 118 Å². The first-order valence-electron chi connectivity index (χ1n) is 6.22. The van der Waals surface area contributed by atoms with Crippen molar-refractivity contribution in [3.8, 4) is 0 Å². The van der Waals surface area contributed by atoms with E-state index in [4.69, 9.17) is 0 Å². The summed E-state index contributed by atoms with van der Waals surface area (Å²) in [5.41, 5.74) is 0.209. The fourth-order valence-electron chi connectivity index (χ4n) is 1.82. The van der Waals surface area contributed by atoms with Gasteiger partial charge in [-0.3, -0.25) is 4.79 Å². The molecule has 0 heterocycles. The molecule has 0 bridgehead atoms. The van der Waals surface area contributed by atoms with Gasteiger partial charge in [0, 0.05) is 24.7 Å². The van der Waals surface area contributed by atoms with Crippen LogP contribution in [-0.4, -0.2) is 44.0 Å². The Morgan fingerprint density at radius 3 is 2.55 bits per heavy atom. The van der Waals surface area contributed by atoms with Crippen molar-refractivity contribution in [2.24, 2.45) is 0 Å². The monoisotopic (exact) mass is 302 g/mol. The average molecular weight is 302 g/mol. The van der Waals surface area contributed by atoms with Crippen molar-refractivity contribution in [2.75, 3.05) is 19.3 Å². The maximum Gasteiger partial charge on any atom is 0.251 e. The molecule has 0 aliphatic heterocycles. The summed E-state index contributed by atoms with van der Waals surface area (Å²) in [5, 5.41) is 2.57. The number of hydrogen-bond donors (Lipinski definition) is 1. The lowest BCUT2D eigenvalue weighted by molar-refractivity contribution is 0.0950. The minimum Gasteiger partial charge on any atom is -0.351 e. The zero-order valence-electron chi connectivity index (χ0n) is 11.8. The molecular weight excluding hydrogens is 283 g/mol. The first kappa shape index (κ1) is 16.6. The molecule has 0 aliphatic rings. The van der Waals surface area contributed by atoms with Gasteiger partial charge in [-0.2, -0.15) is 4.31 Å². The Morgan fingerprint density at radius 1 is 1.40 bits per heavy atom. The molecular formula is C13H19FN2O3S. The molecule has 0 atom stereocenters. The van der Waals surface area contributed by atoms with Crippen LogP contribution < -0.4 is 5.32 Å². The molecule has 5 nitrogen and oxygen atoms in total. The van der Waals surface area contributed by atoms with Gasteiger partial charge in [0.1, 0.15) is 5.82 Å². The molecule has 0 aromatic heterocycles. The molecule has 1 aromatic rings. The zero-order chi connectivity index (χ0) is 15.3. The highest BCUT2D eigenvalue weighted by Crippen LogP contribution is 2.05. The molecule has 1 N–H and O–H groups in total. The predicted molar refractivity (Wildman–Crippen MR) is 75.4 cm³/mol. The van der Waals surface area contributed by atoms with E-state index >= 15 is 0 Å². The second-order valence-electron chi connectivity index (χ2n) is 4.73. The number of amides is 1. The van der Waals surface area contributed by atoms with E-state index in [1.165, 1.54) is 22.5 Å². The van der Waals surface area contributed by atoms with Crippen LogP contribution in [0.4, 0.5) is 4.39 Å². The predicted octanol–water partition coefficient (Wildman–Crippen LogP) is 1.23. The molecule has 1 rings (SSSR count). The number of nitrogens with one attached hydrogen (secondary N) is 1. The Morgan fingerprint density at radius 2 is 2.05 bits per heavy atom. The molecule has 1 amide bonds. The largest absolute Gasteiger partial charge is 0.351 e. The molecule has 0 fully saturated rings. The molecule has 0 spiro atoms. The number of halogens is 1. The van der Waals surface area contributed by atoms with Gasteiger partial charge in [-0.25, -0.2) is 12.8 Å². The van der Waals surface area contributed by atoms with Gasteiger partial charge in [-0.15, -0.1) is 0 Å². The number of nitrogens with zero attached hydrogens (tertiary/aromatic N) is 1. The third-order valence-electron chi connectivity index (χ3n) is 2.71. The van der Waals surface area contributed by atoms with E-state index in [0.29, 0.717) is 0 Å². The summed E-state index contributed by atoms with van der Waals surface area (Å²) < 4.78 is 37.3. The van der Waals surface area contributed by atoms with Crippen LogP contribution in [0.3, 0.4) is 0 Å². The number of benzene rings is 1. The number of rotatable bonds is 6. The van der Waals surface area contributed by atoms with Crippen LogP contribution >= 0.6 is 0 Å². The molecule has 0 saturated carbocycles. The van der Waals surface area contributed by atoms with Crippen LogP contribution in [-0.2, 0) is 10.0 Å². The first-order valence-corrected chi connectivity index (χ1v) is 8.07. The Bertz CT molecular complexity index is 573. The van der Waals surface area contributed by atoms with Crippen LogP contribution in [0.15, 0.2) is 24.3 Å². The molecule has 0 unspecified atom stereocenters. The molecule has 0 radical (unpaired) electrons. The SMILES string of the molecule is CC(C)N(CCNC(=O)c1cccc(F)c1)S(C)(=O)=O. The molecule has 0 saturated heterocycles. The van der Waals surface area contributed by atoms with Gasteiger partial charge in [0.05, 0.1) is 6.26 Å². The third-order valence-corrected chi connectivity index (χ3v) is 4.16. The van der Waals surface area contributed by atoms with Crippen LogP contribution in [0.2, 0.25) is 0 Å². The Balaban J connectivity index is 2.58. The van der Waals surface area contributed by atoms with E-state index in [1.807, 2.05) is 0 Å². The van der Waals surface area contributed by atoms with Gasteiger partial charge in [0.2, 0.25) is 10.0 Å². The summed E-state index contributed by atoms with van der Waals surface area (Å²) in [4.78, 5) is 11.8. The average Bonchev–Trinajstić information content (AvgIpc) is 2.32. The molecule has 20 heavy (non-hydrogen) atoms. The fourth-order valence-corrected chi connectivity index (χ4v) is 3.01. The minimum atomic E-state index is -3.31. The van der Waals surface area contributed by atoms with Crippen LogP contribution in [0.5, 0.6) is 0 Å². The van der Waals surface area contributed by atoms with E-state index in [1.54, 1.807) is 13.8 Å². The normalized spacial score (nSPS) is 11.9. The summed E-state index contributed by atoms with van der Waals surface area (Å²) in [6.45, 7) is 3.86. The van der Waals surface area contributed by atoms with Gasteiger partial charge in [-0.05, 0) is 32.0 Å². The van der Waals surface area contributed by atoms with Crippen molar-refractivity contribution in [1.29, 1.82) is 0 Å². The summed E-state index contributed by atoms with van der Waals surface area (Å²) >= 11 is 0. The molecule has 0 aliphatic carbocycles. The highest BCUT2D eigenvalue weighted by atomic mass is 32.2. The number of sulfonamides is 1. The maximum atomic E-state index is 13.0. The Hall–Kier alpha value is -1.47. The van der Waals surface area contributed by atoms with E-state index in [9.17, 15) is 17.6 Å². The zero-order valence-corrected chi connectivity index (χ0v) is 12.6. The van der Waals surface area contributed by atoms with Crippen LogP contribution in [0.25, 0.3) is 0 Å². The van der Waals surface area contributed by atoms with E-state index in [0.717, 1.165) is 12.3 Å². The van der Waals surface area contributed by atoms with E-state index < -0.39 is 21.7 Å². The lowest BCUT2D eigenvalue weighted by Gasteiger charge is -2.23. The van der Waals surface area contributed by atoms with Gasteiger partial charge in [0.15, 0.2) is 0 Å². The second kappa shape index (κ2) is 6.81. The first-order chi connectivity index (χ1) is 9.21. The number of carbonyl (C=O) groups excluding carboxylic acids is 1. The van der Waals surface area contributed by atoms with E-state index in [-0.39, 0.29) is 24.7 Å². The van der Waals surface area contributed by atoms with Crippen molar-refractivity contribution in [3.63, 3.8) is 0 Å². The van der Waals surface area contributed by atoms with Gasteiger partial charge in [-0.1, -0.05) is 6.07 Å². The van der Waals surface area contributed by atoms with Crippen molar-refractivity contribution in [1.82, 2.24) is 9.62 Å². The maximum absolute atomic E-state index is 13.0. The van der Waals surface area contributed by atoms with Gasteiger partial charge >= 0.3 is 0 Å². The fraction of sp³-hybridized carbons (Fsp3) is 0.462. The van der Waals surface area contributed by atoms with E-state index in [2.05, 4.69) is 5.32 Å². The van der Waals surface area contributed by atoms with Crippen molar-refractivity contribution in [2.45, 2.75) is 19.9 Å². The summed E-state index contributed by atoms with van der Waals surface area (Å²) in [6, 6.07) is 5.14. The third kappa shape index (κ3) is 4.90. The van der Waals surface area contributed by atoms with Crippen molar-refractivity contribution in [3.05, 3.63) is 35.6 Å². The number of hydrogen-bond acceptors (Lipinski definition) is 3. The van der Waals surface area contributed by atoms with Gasteiger partial charge < -0.3 is 5.32 Å². The summed E-state index contributed by atoms with van der Waals surface area (Å²) in [7, 11) is -3.31. The van der Waals surface area contributed by atoms with Gasteiger partial charge in [0.25, 0.3) is 5.91 Å². The molecule has 1 aromatic carbocycles. The van der Waals surface area contributed by atoms with Crippen molar-refractivity contribution >= 4 is 15.9 Å². The van der Waals surface area contributed by atoms with Crippen LogP contribution in [0, 0.1) is 5.82 Å². The quantitative estimate of drug-likeness (QED) is 0.859. The highest BCUT2D eigenvalue weighted by molar-refractivity contribution is 7.88. The number of carbonyl (C=O) groups is 1. The lowest BCUT2D eigenvalue weighted by atomic mass is 10.2. The summed E-state index contributed by atoms with van der Waals surface area (Å²) in [6.07, 6.45) is 1.13. The van der Waals surface area contributed by atoms with Crippen molar-refractivity contribution < 1.29 is 17.6 Å². The minimum absolute atomic E-state index is 0.167. The van der Waals surface area contributed by atoms with Crippen LogP contribution in [0.1, 0.15) is 24.2 Å². The second-order valence-corrected chi connectivity index (χ2v) is 6.67. The summed E-state index contributed by atoms with van der Waals surface area (Å²) in [5.74, 6) is -0.917. The lowest BCUT2D eigenvalue weighted by Crippen LogP contribution is -2.41. The molecule has 112 valence electrons. The highest BCUT2D eigenvalue weighted by Gasteiger charge is 2.19. The Kier molecular flexibility index (Phi) is 5.64.